The molecule has 0 amide bonds. The number of cyclic esters (lactones) is 1. The zero-order valence-electron chi connectivity index (χ0n) is 39.1. The van der Waals surface area contributed by atoms with Gasteiger partial charge in [0.2, 0.25) is 0 Å². The van der Waals surface area contributed by atoms with E-state index < -0.39 is 139 Å². The SMILES string of the molecule is CCC1OC(=O)CC(O)C(C)C(O[C@H]2C[C@@H](N(C)C)[C@H](O[C@H]3C[C@@](C)(O)[C@@H](O)[C@H](C)O3)[C@@H](C)O2)C(C=O)CC(C)C(=O)/C=C/C2(C)OC2C1CO[C@@H]1O[C@H](C)[C@@H](O)[C@@H](OC)[C@H]1OC. The second kappa shape index (κ2) is 21.7. The summed E-state index contributed by atoms with van der Waals surface area (Å²) in [6.45, 7) is 13.8. The van der Waals surface area contributed by atoms with Crippen LogP contribution >= 0.6 is 0 Å². The molecule has 0 saturated carbocycles. The Labute approximate surface area is 372 Å². The summed E-state index contributed by atoms with van der Waals surface area (Å²) in [6.07, 6.45) is -8.03. The van der Waals surface area contributed by atoms with Gasteiger partial charge in [0.05, 0.1) is 55.3 Å². The van der Waals surface area contributed by atoms with Gasteiger partial charge in [0.1, 0.15) is 48.5 Å². The average molecular weight is 902 g/mol. The molecule has 362 valence electrons. The quantitative estimate of drug-likeness (QED) is 0.124. The van der Waals surface area contributed by atoms with Gasteiger partial charge in [0.15, 0.2) is 24.7 Å². The van der Waals surface area contributed by atoms with Crippen molar-refractivity contribution in [3.63, 3.8) is 0 Å². The summed E-state index contributed by atoms with van der Waals surface area (Å²) >= 11 is 0. The molecule has 4 N–H and O–H groups in total. The van der Waals surface area contributed by atoms with Gasteiger partial charge in [-0.05, 0) is 73.7 Å². The molecule has 4 saturated heterocycles. The number of epoxide rings is 1. The second-order valence-corrected chi connectivity index (χ2v) is 19.1. The minimum atomic E-state index is -1.43. The molecule has 0 aromatic heterocycles. The molecule has 0 bridgehead atoms. The van der Waals surface area contributed by atoms with E-state index in [4.69, 9.17) is 47.4 Å². The van der Waals surface area contributed by atoms with Gasteiger partial charge in [-0.1, -0.05) is 20.8 Å². The molecule has 9 unspecified atom stereocenters. The van der Waals surface area contributed by atoms with Crippen LogP contribution in [-0.4, -0.2) is 188 Å². The highest BCUT2D eigenvalue weighted by Crippen LogP contribution is 2.46. The molecule has 18 nitrogen and oxygen atoms in total. The monoisotopic (exact) mass is 902 g/mol. The van der Waals surface area contributed by atoms with E-state index in [9.17, 15) is 34.8 Å². The van der Waals surface area contributed by atoms with Crippen LogP contribution in [0.4, 0.5) is 0 Å². The van der Waals surface area contributed by atoms with Crippen molar-refractivity contribution in [3.8, 4) is 0 Å². The van der Waals surface area contributed by atoms with Crippen molar-refractivity contribution >= 4 is 18.0 Å². The Balaban J connectivity index is 1.36. The Morgan fingerprint density at radius 2 is 1.52 bits per heavy atom. The molecule has 5 rings (SSSR count). The Morgan fingerprint density at radius 3 is 2.13 bits per heavy atom. The van der Waals surface area contributed by atoms with Crippen molar-refractivity contribution < 1.29 is 82.2 Å². The lowest BCUT2D eigenvalue weighted by molar-refractivity contribution is -0.321. The van der Waals surface area contributed by atoms with E-state index in [0.717, 1.165) is 6.29 Å². The maximum Gasteiger partial charge on any atom is 0.308 e. The van der Waals surface area contributed by atoms with Crippen molar-refractivity contribution in [1.82, 2.24) is 4.90 Å². The van der Waals surface area contributed by atoms with Crippen molar-refractivity contribution in [2.45, 2.75) is 197 Å². The molecule has 0 radical (unpaired) electrons. The first-order chi connectivity index (χ1) is 29.6. The van der Waals surface area contributed by atoms with E-state index in [1.165, 1.54) is 20.3 Å². The molecule has 5 heterocycles. The number of rotatable bonds is 12. The van der Waals surface area contributed by atoms with Gasteiger partial charge in [-0.15, -0.1) is 0 Å². The van der Waals surface area contributed by atoms with Crippen molar-refractivity contribution in [3.05, 3.63) is 12.2 Å². The third-order valence-electron chi connectivity index (χ3n) is 13.9. The fourth-order valence-corrected chi connectivity index (χ4v) is 9.77. The van der Waals surface area contributed by atoms with Crippen LogP contribution in [0.3, 0.4) is 0 Å². The second-order valence-electron chi connectivity index (χ2n) is 19.1. The zero-order chi connectivity index (χ0) is 46.7. The molecule has 5 aliphatic rings. The number of aliphatic hydroxyl groups excluding tert-OH is 3. The fourth-order valence-electron chi connectivity index (χ4n) is 9.77. The number of aliphatic hydroxyl groups is 4. The number of aldehydes is 1. The van der Waals surface area contributed by atoms with Crippen molar-refractivity contribution in [1.29, 1.82) is 0 Å². The Bertz CT molecular complexity index is 1550. The number of carbonyl (C=O) groups is 3. The number of esters is 1. The molecular weight excluding hydrogens is 826 g/mol. The van der Waals surface area contributed by atoms with Crippen LogP contribution in [0.1, 0.15) is 87.5 Å². The van der Waals surface area contributed by atoms with Gasteiger partial charge in [-0.3, -0.25) is 9.59 Å². The number of hydrogen-bond donors (Lipinski definition) is 4. The molecule has 0 aromatic carbocycles. The number of carbonyl (C=O) groups excluding carboxylic acids is 3. The minimum absolute atomic E-state index is 0.0136. The predicted molar refractivity (Wildman–Crippen MR) is 224 cm³/mol. The van der Waals surface area contributed by atoms with Gasteiger partial charge in [-0.25, -0.2) is 0 Å². The molecule has 63 heavy (non-hydrogen) atoms. The lowest BCUT2D eigenvalue weighted by Crippen LogP contribution is -2.60. The highest BCUT2D eigenvalue weighted by Gasteiger charge is 2.58. The zero-order valence-corrected chi connectivity index (χ0v) is 39.1. The molecule has 22 atom stereocenters. The van der Waals surface area contributed by atoms with Crippen LogP contribution in [0.25, 0.3) is 0 Å². The number of allylic oxidation sites excluding steroid dienone is 1. The van der Waals surface area contributed by atoms with E-state index in [1.54, 1.807) is 40.7 Å². The fraction of sp³-hybridized carbons (Fsp3) is 0.889. The minimum Gasteiger partial charge on any atom is -0.462 e. The van der Waals surface area contributed by atoms with Crippen molar-refractivity contribution in [2.75, 3.05) is 34.9 Å². The first-order valence-corrected chi connectivity index (χ1v) is 22.5. The number of nitrogens with zero attached hydrogens (tertiary/aromatic N) is 1. The standard InChI is InChI=1S/C45H75NO17/c1-13-32-28(21-56-43-40(55-12)39(54-11)36(51)24(4)59-43)42-45(8,63-42)15-14-30(48)22(2)16-27(20-47)37(23(3)31(49)18-33(50)60-32)61-34-17-29(46(9)10)38(25(5)57-34)62-35-19-44(7,53)41(52)26(6)58-35/h14-15,20,22-29,31-32,34-43,49,51-53H,13,16-19,21H2,1-12H3/b15-14+/t22?,23?,24-,25-,26+,27?,28?,29-,31?,32?,34+,35+,36-,37?,38-,39-,40-,41+,42?,43-,44-,45?/m1/s1. The van der Waals surface area contributed by atoms with Crippen LogP contribution in [0.2, 0.25) is 0 Å². The topological polar surface area (TPSA) is 231 Å². The summed E-state index contributed by atoms with van der Waals surface area (Å²) < 4.78 is 61.3. The van der Waals surface area contributed by atoms with Gasteiger partial charge >= 0.3 is 5.97 Å². The molecule has 4 fully saturated rings. The maximum atomic E-state index is 13.8. The Kier molecular flexibility index (Phi) is 17.9. The molecule has 0 spiro atoms. The van der Waals surface area contributed by atoms with Gasteiger partial charge in [0.25, 0.3) is 0 Å². The number of likely N-dealkylation sites (N-methyl/N-ethyl adjacent to an activating group) is 1. The molecule has 18 heteroatoms. The van der Waals surface area contributed by atoms with Crippen molar-refractivity contribution in [2.24, 2.45) is 23.7 Å². The highest BCUT2D eigenvalue weighted by molar-refractivity contribution is 5.91. The van der Waals surface area contributed by atoms with E-state index in [1.807, 2.05) is 39.8 Å². The predicted octanol–water partition coefficient (Wildman–Crippen LogP) is 1.68. The third kappa shape index (κ3) is 12.1. The number of methoxy groups -OCH3 is 2. The van der Waals surface area contributed by atoms with Gasteiger partial charge < -0.3 is 77.5 Å². The summed E-state index contributed by atoms with van der Waals surface area (Å²) in [7, 11) is 6.71. The summed E-state index contributed by atoms with van der Waals surface area (Å²) in [5.41, 5.74) is -2.35. The first kappa shape index (κ1) is 52.0. The number of ether oxygens (including phenoxy) is 10. The van der Waals surface area contributed by atoms with Crippen LogP contribution in [0.5, 0.6) is 0 Å². The van der Waals surface area contributed by atoms with Crippen LogP contribution < -0.4 is 0 Å². The van der Waals surface area contributed by atoms with Crippen LogP contribution in [0.15, 0.2) is 12.2 Å². The van der Waals surface area contributed by atoms with Crippen LogP contribution in [0, 0.1) is 23.7 Å². The first-order valence-electron chi connectivity index (χ1n) is 22.5. The normalized spacial score (nSPS) is 48.6. The summed E-state index contributed by atoms with van der Waals surface area (Å²) in [4.78, 5) is 42.5. The smallest absolute Gasteiger partial charge is 0.308 e. The number of hydrogen-bond acceptors (Lipinski definition) is 18. The lowest BCUT2D eigenvalue weighted by Gasteiger charge is -2.48. The molecule has 0 aliphatic carbocycles. The van der Waals surface area contributed by atoms with Gasteiger partial charge in [0, 0.05) is 56.8 Å². The maximum absolute atomic E-state index is 13.8. The number of fused-ring (bicyclic) bond motifs is 1. The third-order valence-corrected chi connectivity index (χ3v) is 13.9. The van der Waals surface area contributed by atoms with E-state index in [0.29, 0.717) is 6.42 Å². The van der Waals surface area contributed by atoms with E-state index >= 15 is 0 Å². The Hall–Kier alpha value is -2.01. The van der Waals surface area contributed by atoms with Gasteiger partial charge in [-0.2, -0.15) is 0 Å². The van der Waals surface area contributed by atoms with E-state index in [2.05, 4.69) is 0 Å². The summed E-state index contributed by atoms with van der Waals surface area (Å²) in [6, 6.07) is -0.296. The largest absolute Gasteiger partial charge is 0.462 e. The number of ketones is 1. The average Bonchev–Trinajstić information content (AvgIpc) is 3.90. The summed E-state index contributed by atoms with van der Waals surface area (Å²) in [5.74, 6) is -3.81. The van der Waals surface area contributed by atoms with E-state index in [-0.39, 0.29) is 37.7 Å². The molecule has 0 aromatic rings. The molecular formula is C45H75NO17. The Morgan fingerprint density at radius 1 is 0.873 bits per heavy atom. The summed E-state index contributed by atoms with van der Waals surface area (Å²) in [5, 5.41) is 43.7. The highest BCUT2D eigenvalue weighted by atomic mass is 16.7. The lowest BCUT2D eigenvalue weighted by atomic mass is 9.81. The van der Waals surface area contributed by atoms with Crippen LogP contribution in [-0.2, 0) is 61.8 Å². The molecule has 5 aliphatic heterocycles.